The van der Waals surface area contributed by atoms with Gasteiger partial charge in [0, 0.05) is 13.0 Å². The van der Waals surface area contributed by atoms with E-state index in [9.17, 15) is 4.79 Å². The summed E-state index contributed by atoms with van der Waals surface area (Å²) in [5.74, 6) is 1.29. The summed E-state index contributed by atoms with van der Waals surface area (Å²) in [7, 11) is 1.64. The van der Waals surface area contributed by atoms with Crippen molar-refractivity contribution in [2.45, 2.75) is 19.0 Å². The van der Waals surface area contributed by atoms with Crippen LogP contribution in [-0.2, 0) is 11.3 Å². The normalized spacial score (nSPS) is 17.8. The van der Waals surface area contributed by atoms with Crippen molar-refractivity contribution in [1.82, 2.24) is 4.90 Å². The minimum Gasteiger partial charge on any atom is -0.497 e. The molecule has 1 amide bonds. The highest BCUT2D eigenvalue weighted by atomic mass is 16.6. The first-order valence-electron chi connectivity index (χ1n) is 7.51. The van der Waals surface area contributed by atoms with Gasteiger partial charge in [-0.15, -0.1) is 0 Å². The summed E-state index contributed by atoms with van der Waals surface area (Å²) in [6.45, 7) is 4.32. The molecular weight excluding hydrogens is 290 g/mol. The number of ether oxygens (including phenoxy) is 2. The lowest BCUT2D eigenvalue weighted by Gasteiger charge is -2.36. The zero-order valence-corrected chi connectivity index (χ0v) is 13.1. The molecule has 0 spiro atoms. The summed E-state index contributed by atoms with van der Waals surface area (Å²) in [5, 5.41) is 0. The molecule has 1 aliphatic heterocycles. The molecule has 0 bridgehead atoms. The van der Waals surface area contributed by atoms with Crippen LogP contribution in [0.3, 0.4) is 0 Å². The van der Waals surface area contributed by atoms with Gasteiger partial charge in [0.1, 0.15) is 11.5 Å². The van der Waals surface area contributed by atoms with E-state index < -0.39 is 0 Å². The van der Waals surface area contributed by atoms with Crippen molar-refractivity contribution in [3.8, 4) is 5.75 Å². The number of amides is 1. The van der Waals surface area contributed by atoms with Gasteiger partial charge in [-0.2, -0.15) is 0 Å². The molecule has 23 heavy (non-hydrogen) atoms. The molecule has 0 N–H and O–H groups in total. The van der Waals surface area contributed by atoms with Crippen molar-refractivity contribution in [3.05, 3.63) is 78.1 Å². The van der Waals surface area contributed by atoms with Gasteiger partial charge in [-0.05, 0) is 23.3 Å². The standard InChI is InChI=1S/C19H19NO3/c1-14-12-18(16-8-10-17(22-2)11-9-16)20(19(21)23-14)13-15-6-4-3-5-7-15/h3-11,18H,1,12-13H2,2H3. The molecule has 0 aliphatic carbocycles. The lowest BCUT2D eigenvalue weighted by Crippen LogP contribution is -2.39. The van der Waals surface area contributed by atoms with Gasteiger partial charge in [0.2, 0.25) is 0 Å². The average molecular weight is 309 g/mol. The van der Waals surface area contributed by atoms with Crippen molar-refractivity contribution in [2.75, 3.05) is 7.11 Å². The number of carbonyl (C=O) groups is 1. The summed E-state index contributed by atoms with van der Waals surface area (Å²) in [5.41, 5.74) is 2.11. The molecule has 1 aliphatic rings. The van der Waals surface area contributed by atoms with Crippen LogP contribution in [0.5, 0.6) is 5.75 Å². The molecule has 2 aromatic rings. The molecule has 3 rings (SSSR count). The minimum atomic E-state index is -0.356. The van der Waals surface area contributed by atoms with Gasteiger partial charge in [0.15, 0.2) is 0 Å². The SMILES string of the molecule is C=C1CC(c2ccc(OC)cc2)N(Cc2ccccc2)C(=O)O1. The molecule has 1 atom stereocenters. The smallest absolute Gasteiger partial charge is 0.415 e. The Morgan fingerprint density at radius 2 is 1.87 bits per heavy atom. The summed E-state index contributed by atoms with van der Waals surface area (Å²) in [6.07, 6.45) is 0.233. The van der Waals surface area contributed by atoms with E-state index in [0.717, 1.165) is 16.9 Å². The zero-order valence-electron chi connectivity index (χ0n) is 13.1. The van der Waals surface area contributed by atoms with Crippen LogP contribution in [-0.4, -0.2) is 18.1 Å². The molecule has 4 heteroatoms. The highest BCUT2D eigenvalue weighted by Gasteiger charge is 2.32. The fourth-order valence-electron chi connectivity index (χ4n) is 2.76. The third-order valence-electron chi connectivity index (χ3n) is 3.96. The predicted molar refractivity (Wildman–Crippen MR) is 88.0 cm³/mol. The Balaban J connectivity index is 1.89. The number of cyclic esters (lactones) is 1. The highest BCUT2D eigenvalue weighted by molar-refractivity contribution is 5.71. The Hall–Kier alpha value is -2.75. The topological polar surface area (TPSA) is 38.8 Å². The van der Waals surface area contributed by atoms with Gasteiger partial charge < -0.3 is 9.47 Å². The Labute approximate surface area is 135 Å². The molecule has 0 aromatic heterocycles. The number of benzene rings is 2. The molecular formula is C19H19NO3. The predicted octanol–water partition coefficient (Wildman–Crippen LogP) is 4.29. The van der Waals surface area contributed by atoms with Gasteiger partial charge in [-0.1, -0.05) is 49.0 Å². The van der Waals surface area contributed by atoms with Gasteiger partial charge in [-0.3, -0.25) is 4.90 Å². The summed E-state index contributed by atoms with van der Waals surface area (Å²) < 4.78 is 10.4. The third-order valence-corrected chi connectivity index (χ3v) is 3.96. The van der Waals surface area contributed by atoms with Crippen molar-refractivity contribution < 1.29 is 14.3 Å². The van der Waals surface area contributed by atoms with Gasteiger partial charge in [0.05, 0.1) is 13.2 Å². The van der Waals surface area contributed by atoms with Crippen LogP contribution in [0.1, 0.15) is 23.6 Å². The second-order valence-electron chi connectivity index (χ2n) is 5.51. The molecule has 1 unspecified atom stereocenters. The summed E-state index contributed by atoms with van der Waals surface area (Å²) in [4.78, 5) is 14.1. The Kier molecular flexibility index (Phi) is 4.33. The van der Waals surface area contributed by atoms with Crippen LogP contribution < -0.4 is 4.74 Å². The fourth-order valence-corrected chi connectivity index (χ4v) is 2.76. The maximum Gasteiger partial charge on any atom is 0.415 e. The maximum atomic E-state index is 12.3. The Morgan fingerprint density at radius 3 is 2.52 bits per heavy atom. The molecule has 0 radical (unpaired) electrons. The zero-order chi connectivity index (χ0) is 16.2. The molecule has 1 heterocycles. The van der Waals surface area contributed by atoms with Crippen LogP contribution in [0.25, 0.3) is 0 Å². The van der Waals surface area contributed by atoms with Crippen molar-refractivity contribution in [3.63, 3.8) is 0 Å². The number of carbonyl (C=O) groups excluding carboxylic acids is 1. The molecule has 1 saturated heterocycles. The van der Waals surface area contributed by atoms with E-state index in [1.807, 2.05) is 54.6 Å². The highest BCUT2D eigenvalue weighted by Crippen LogP contribution is 2.34. The van der Waals surface area contributed by atoms with E-state index >= 15 is 0 Å². The van der Waals surface area contributed by atoms with Gasteiger partial charge >= 0.3 is 6.09 Å². The first kappa shape index (κ1) is 15.2. The van der Waals surface area contributed by atoms with Crippen molar-refractivity contribution in [2.24, 2.45) is 0 Å². The van der Waals surface area contributed by atoms with E-state index in [4.69, 9.17) is 9.47 Å². The number of nitrogens with zero attached hydrogens (tertiary/aromatic N) is 1. The molecule has 2 aromatic carbocycles. The Morgan fingerprint density at radius 1 is 1.17 bits per heavy atom. The van der Waals surface area contributed by atoms with Gasteiger partial charge in [-0.25, -0.2) is 4.79 Å². The third kappa shape index (κ3) is 3.37. The number of hydrogen-bond acceptors (Lipinski definition) is 3. The average Bonchev–Trinajstić information content (AvgIpc) is 2.58. The van der Waals surface area contributed by atoms with E-state index in [0.29, 0.717) is 18.7 Å². The van der Waals surface area contributed by atoms with Crippen molar-refractivity contribution >= 4 is 6.09 Å². The van der Waals surface area contributed by atoms with E-state index in [2.05, 4.69) is 6.58 Å². The van der Waals surface area contributed by atoms with Crippen LogP contribution in [0.2, 0.25) is 0 Å². The lowest BCUT2D eigenvalue weighted by molar-refractivity contribution is 0.0725. The molecule has 118 valence electrons. The Bertz CT molecular complexity index is 694. The maximum absolute atomic E-state index is 12.3. The monoisotopic (exact) mass is 309 g/mol. The number of methoxy groups -OCH3 is 1. The molecule has 4 nitrogen and oxygen atoms in total. The van der Waals surface area contributed by atoms with Crippen LogP contribution >= 0.6 is 0 Å². The molecule has 1 fully saturated rings. The van der Waals surface area contributed by atoms with Gasteiger partial charge in [0.25, 0.3) is 0 Å². The number of rotatable bonds is 4. The van der Waals surface area contributed by atoms with E-state index in [-0.39, 0.29) is 12.1 Å². The quantitative estimate of drug-likeness (QED) is 0.845. The first-order chi connectivity index (χ1) is 11.2. The molecule has 0 saturated carbocycles. The number of hydrogen-bond donors (Lipinski definition) is 0. The van der Waals surface area contributed by atoms with Crippen molar-refractivity contribution in [1.29, 1.82) is 0 Å². The van der Waals surface area contributed by atoms with E-state index in [1.54, 1.807) is 12.0 Å². The fraction of sp³-hybridized carbons (Fsp3) is 0.211. The second-order valence-corrected chi connectivity index (χ2v) is 5.51. The summed E-state index contributed by atoms with van der Waals surface area (Å²) >= 11 is 0. The second kappa shape index (κ2) is 6.57. The minimum absolute atomic E-state index is 0.0881. The van der Waals surface area contributed by atoms with Crippen LogP contribution in [0.4, 0.5) is 4.79 Å². The summed E-state index contributed by atoms with van der Waals surface area (Å²) in [6, 6.07) is 17.6. The lowest BCUT2D eigenvalue weighted by atomic mass is 9.99. The van der Waals surface area contributed by atoms with E-state index in [1.165, 1.54) is 0 Å². The first-order valence-corrected chi connectivity index (χ1v) is 7.51. The largest absolute Gasteiger partial charge is 0.497 e. The van der Waals surface area contributed by atoms with Crippen LogP contribution in [0, 0.1) is 0 Å². The van der Waals surface area contributed by atoms with Crippen LogP contribution in [0.15, 0.2) is 66.9 Å².